The van der Waals surface area contributed by atoms with Gasteiger partial charge in [0.25, 0.3) is 0 Å². The summed E-state index contributed by atoms with van der Waals surface area (Å²) in [4.78, 5) is 11.7. The topological polar surface area (TPSA) is 75.3 Å². The summed E-state index contributed by atoms with van der Waals surface area (Å²) in [5.41, 5.74) is -0.704. The summed E-state index contributed by atoms with van der Waals surface area (Å²) in [7, 11) is -3.01. The Hall–Kier alpha value is -1.06. The van der Waals surface area contributed by atoms with Gasteiger partial charge in [-0.2, -0.15) is 0 Å². The standard InChI is InChI=1S/C11H18N2O3S/c1-4-11(2,3)13-10(14)7-9-8-17(15,16)6-5-12-9/h1,9,12H,5-8H2,2-3H3,(H,13,14). The average molecular weight is 258 g/mol. The second kappa shape index (κ2) is 5.07. The average Bonchev–Trinajstić information content (AvgIpc) is 2.14. The summed E-state index contributed by atoms with van der Waals surface area (Å²) in [5, 5.41) is 5.69. The van der Waals surface area contributed by atoms with Crippen LogP contribution in [-0.2, 0) is 14.6 Å². The van der Waals surface area contributed by atoms with Crippen molar-refractivity contribution in [2.75, 3.05) is 18.1 Å². The van der Waals surface area contributed by atoms with Crippen LogP contribution in [0, 0.1) is 12.3 Å². The van der Waals surface area contributed by atoms with Crippen molar-refractivity contribution in [2.24, 2.45) is 0 Å². The van der Waals surface area contributed by atoms with Crippen molar-refractivity contribution in [3.63, 3.8) is 0 Å². The maximum atomic E-state index is 11.7. The molecule has 1 heterocycles. The Morgan fingerprint density at radius 2 is 2.24 bits per heavy atom. The fraction of sp³-hybridized carbons (Fsp3) is 0.727. The number of hydrogen-bond acceptors (Lipinski definition) is 4. The number of amides is 1. The van der Waals surface area contributed by atoms with Crippen LogP contribution >= 0.6 is 0 Å². The zero-order chi connectivity index (χ0) is 13.1. The summed E-state index contributed by atoms with van der Waals surface area (Å²) in [6, 6.07) is -0.317. The lowest BCUT2D eigenvalue weighted by Gasteiger charge is -2.25. The molecule has 1 fully saturated rings. The fourth-order valence-corrected chi connectivity index (χ4v) is 3.10. The molecule has 0 aromatic carbocycles. The van der Waals surface area contributed by atoms with E-state index in [0.717, 1.165) is 0 Å². The lowest BCUT2D eigenvalue weighted by atomic mass is 10.1. The normalized spacial score (nSPS) is 23.7. The van der Waals surface area contributed by atoms with Gasteiger partial charge in [-0.15, -0.1) is 6.42 Å². The van der Waals surface area contributed by atoms with Gasteiger partial charge in [0, 0.05) is 19.0 Å². The van der Waals surface area contributed by atoms with E-state index in [1.807, 2.05) is 0 Å². The monoisotopic (exact) mass is 258 g/mol. The van der Waals surface area contributed by atoms with E-state index in [0.29, 0.717) is 6.54 Å². The number of terminal acetylenes is 1. The van der Waals surface area contributed by atoms with Gasteiger partial charge in [-0.1, -0.05) is 5.92 Å². The molecule has 0 saturated carbocycles. The highest BCUT2D eigenvalue weighted by atomic mass is 32.2. The van der Waals surface area contributed by atoms with E-state index in [9.17, 15) is 13.2 Å². The Bertz CT molecular complexity index is 434. The van der Waals surface area contributed by atoms with E-state index in [-0.39, 0.29) is 29.9 Å². The van der Waals surface area contributed by atoms with Gasteiger partial charge in [-0.3, -0.25) is 4.79 Å². The molecule has 0 spiro atoms. The summed E-state index contributed by atoms with van der Waals surface area (Å²) in [5.74, 6) is 2.37. The lowest BCUT2D eigenvalue weighted by molar-refractivity contribution is -0.122. The zero-order valence-corrected chi connectivity index (χ0v) is 10.9. The number of rotatable bonds is 3. The predicted molar refractivity (Wildman–Crippen MR) is 66.1 cm³/mol. The van der Waals surface area contributed by atoms with Crippen molar-refractivity contribution in [3.8, 4) is 12.3 Å². The molecule has 0 radical (unpaired) electrons. The van der Waals surface area contributed by atoms with Gasteiger partial charge in [-0.05, 0) is 13.8 Å². The fourth-order valence-electron chi connectivity index (χ4n) is 1.66. The Kier molecular flexibility index (Phi) is 4.17. The molecule has 1 aliphatic heterocycles. The molecular weight excluding hydrogens is 240 g/mol. The molecule has 0 aliphatic carbocycles. The highest BCUT2D eigenvalue weighted by Crippen LogP contribution is 2.06. The van der Waals surface area contributed by atoms with Crippen molar-refractivity contribution in [1.82, 2.24) is 10.6 Å². The summed E-state index contributed by atoms with van der Waals surface area (Å²) < 4.78 is 22.8. The third kappa shape index (κ3) is 4.75. The molecule has 1 aliphatic rings. The van der Waals surface area contributed by atoms with Crippen LogP contribution in [-0.4, -0.2) is 44.0 Å². The summed E-state index contributed by atoms with van der Waals surface area (Å²) in [6.07, 6.45) is 5.38. The Morgan fingerprint density at radius 3 is 2.76 bits per heavy atom. The number of sulfone groups is 1. The van der Waals surface area contributed by atoms with E-state index in [1.54, 1.807) is 13.8 Å². The van der Waals surface area contributed by atoms with Gasteiger partial charge in [0.15, 0.2) is 9.84 Å². The predicted octanol–water partition coefficient (Wildman–Crippen LogP) is -0.709. The van der Waals surface area contributed by atoms with Crippen LogP contribution in [0.5, 0.6) is 0 Å². The largest absolute Gasteiger partial charge is 0.340 e. The van der Waals surface area contributed by atoms with Crippen molar-refractivity contribution < 1.29 is 13.2 Å². The first-order chi connectivity index (χ1) is 7.74. The van der Waals surface area contributed by atoms with E-state index >= 15 is 0 Å². The molecule has 1 rings (SSSR count). The van der Waals surface area contributed by atoms with Crippen LogP contribution in [0.3, 0.4) is 0 Å². The van der Waals surface area contributed by atoms with Crippen molar-refractivity contribution in [2.45, 2.75) is 31.8 Å². The quantitative estimate of drug-likeness (QED) is 0.656. The Labute approximate surface area is 102 Å². The van der Waals surface area contributed by atoms with Crippen molar-refractivity contribution >= 4 is 15.7 Å². The number of nitrogens with one attached hydrogen (secondary N) is 2. The van der Waals surface area contributed by atoms with Crippen LogP contribution in [0.25, 0.3) is 0 Å². The maximum Gasteiger partial charge on any atom is 0.222 e. The van der Waals surface area contributed by atoms with E-state index in [1.165, 1.54) is 0 Å². The number of carbonyl (C=O) groups is 1. The number of hydrogen-bond donors (Lipinski definition) is 2. The molecule has 5 nitrogen and oxygen atoms in total. The molecule has 1 unspecified atom stereocenters. The molecule has 2 N–H and O–H groups in total. The van der Waals surface area contributed by atoms with Crippen LogP contribution < -0.4 is 10.6 Å². The van der Waals surface area contributed by atoms with Crippen molar-refractivity contribution in [3.05, 3.63) is 0 Å². The molecule has 0 aromatic rings. The van der Waals surface area contributed by atoms with Gasteiger partial charge in [0.2, 0.25) is 5.91 Å². The highest BCUT2D eigenvalue weighted by Gasteiger charge is 2.27. The van der Waals surface area contributed by atoms with Gasteiger partial charge >= 0.3 is 0 Å². The third-order valence-corrected chi connectivity index (χ3v) is 4.28. The first kappa shape index (κ1) is 14.0. The smallest absolute Gasteiger partial charge is 0.222 e. The second-order valence-corrected chi connectivity index (χ2v) is 7.02. The molecule has 1 atom stereocenters. The van der Waals surface area contributed by atoms with Crippen LogP contribution in [0.15, 0.2) is 0 Å². The molecule has 17 heavy (non-hydrogen) atoms. The van der Waals surface area contributed by atoms with Crippen LogP contribution in [0.1, 0.15) is 20.3 Å². The van der Waals surface area contributed by atoms with E-state index in [2.05, 4.69) is 16.6 Å². The molecule has 96 valence electrons. The summed E-state index contributed by atoms with van der Waals surface area (Å²) in [6.45, 7) is 3.84. The Morgan fingerprint density at radius 1 is 1.59 bits per heavy atom. The van der Waals surface area contributed by atoms with Gasteiger partial charge in [0.05, 0.1) is 17.0 Å². The molecule has 1 amide bonds. The third-order valence-electron chi connectivity index (χ3n) is 2.55. The van der Waals surface area contributed by atoms with Gasteiger partial charge in [0.1, 0.15) is 0 Å². The highest BCUT2D eigenvalue weighted by molar-refractivity contribution is 7.91. The SMILES string of the molecule is C#CC(C)(C)NC(=O)CC1CS(=O)(=O)CCN1. The minimum Gasteiger partial charge on any atom is -0.340 e. The number of carbonyl (C=O) groups excluding carboxylic acids is 1. The lowest BCUT2D eigenvalue weighted by Crippen LogP contribution is -2.49. The van der Waals surface area contributed by atoms with Crippen LogP contribution in [0.2, 0.25) is 0 Å². The van der Waals surface area contributed by atoms with Gasteiger partial charge in [-0.25, -0.2) is 8.42 Å². The van der Waals surface area contributed by atoms with E-state index in [4.69, 9.17) is 6.42 Å². The van der Waals surface area contributed by atoms with E-state index < -0.39 is 15.4 Å². The first-order valence-corrected chi connectivity index (χ1v) is 7.29. The molecule has 1 saturated heterocycles. The minimum atomic E-state index is -3.01. The zero-order valence-electron chi connectivity index (χ0n) is 10.1. The minimum absolute atomic E-state index is 0.0108. The van der Waals surface area contributed by atoms with Gasteiger partial charge < -0.3 is 10.6 Å². The molecule has 6 heteroatoms. The first-order valence-electron chi connectivity index (χ1n) is 5.47. The maximum absolute atomic E-state index is 11.7. The Balaban J connectivity index is 2.50. The summed E-state index contributed by atoms with van der Waals surface area (Å²) >= 11 is 0. The molecule has 0 bridgehead atoms. The van der Waals surface area contributed by atoms with Crippen LogP contribution in [0.4, 0.5) is 0 Å². The molecular formula is C11H18N2O3S. The molecule has 0 aromatic heterocycles. The second-order valence-electron chi connectivity index (χ2n) is 4.79. The van der Waals surface area contributed by atoms with Crippen molar-refractivity contribution in [1.29, 1.82) is 0 Å².